The van der Waals surface area contributed by atoms with Crippen LogP contribution in [0.4, 0.5) is 0 Å². The fourth-order valence-corrected chi connectivity index (χ4v) is 2.90. The molecule has 124 valence electrons. The van der Waals surface area contributed by atoms with Crippen molar-refractivity contribution in [3.8, 4) is 5.75 Å². The first-order valence-electron chi connectivity index (χ1n) is 7.73. The Labute approximate surface area is 146 Å². The molecular weight excluding hydrogens is 324 g/mol. The largest absolute Gasteiger partial charge is 0.497 e. The molecule has 0 fully saturated rings. The van der Waals surface area contributed by atoms with Crippen molar-refractivity contribution in [3.05, 3.63) is 70.9 Å². The summed E-state index contributed by atoms with van der Waals surface area (Å²) < 4.78 is 5.12. The number of methoxy groups -OCH3 is 1. The van der Waals surface area contributed by atoms with E-state index in [1.165, 1.54) is 0 Å². The van der Waals surface area contributed by atoms with Gasteiger partial charge in [-0.1, -0.05) is 29.8 Å². The maximum absolute atomic E-state index is 10.3. The molecule has 2 N–H and O–H groups in total. The normalized spacial score (nSPS) is 12.3. The van der Waals surface area contributed by atoms with Crippen LogP contribution in [-0.2, 0) is 6.54 Å². The Morgan fingerprint density at radius 3 is 2.75 bits per heavy atom. The van der Waals surface area contributed by atoms with Crippen LogP contribution in [0.1, 0.15) is 17.2 Å². The van der Waals surface area contributed by atoms with Crippen LogP contribution in [0.5, 0.6) is 5.75 Å². The molecule has 1 atom stereocenters. The van der Waals surface area contributed by atoms with Gasteiger partial charge in [-0.2, -0.15) is 0 Å². The number of aliphatic hydroxyl groups excluding tert-OH is 1. The van der Waals surface area contributed by atoms with E-state index < -0.39 is 6.10 Å². The fourth-order valence-electron chi connectivity index (χ4n) is 2.65. The van der Waals surface area contributed by atoms with Crippen LogP contribution in [0.3, 0.4) is 0 Å². The van der Waals surface area contributed by atoms with Gasteiger partial charge in [-0.15, -0.1) is 0 Å². The molecule has 0 aliphatic carbocycles. The third-order valence-electron chi connectivity index (χ3n) is 3.90. The average Bonchev–Trinajstić information content (AvgIpc) is 2.61. The number of fused-ring (bicyclic) bond motifs is 1. The second kappa shape index (κ2) is 7.62. The number of hydrogen-bond acceptors (Lipinski definition) is 4. The molecule has 4 nitrogen and oxygen atoms in total. The maximum atomic E-state index is 10.3. The number of rotatable bonds is 6. The van der Waals surface area contributed by atoms with Gasteiger partial charge in [0.2, 0.25) is 0 Å². The van der Waals surface area contributed by atoms with E-state index in [1.54, 1.807) is 13.3 Å². The van der Waals surface area contributed by atoms with Gasteiger partial charge in [-0.05, 0) is 41.5 Å². The summed E-state index contributed by atoms with van der Waals surface area (Å²) in [4.78, 5) is 4.42. The van der Waals surface area contributed by atoms with Gasteiger partial charge in [0.1, 0.15) is 5.75 Å². The molecule has 0 radical (unpaired) electrons. The zero-order valence-corrected chi connectivity index (χ0v) is 14.1. The summed E-state index contributed by atoms with van der Waals surface area (Å²) in [6.45, 7) is 1.02. The van der Waals surface area contributed by atoms with Gasteiger partial charge in [0.05, 0.1) is 18.7 Å². The predicted molar refractivity (Wildman–Crippen MR) is 96.4 cm³/mol. The lowest BCUT2D eigenvalue weighted by molar-refractivity contribution is 0.174. The quantitative estimate of drug-likeness (QED) is 0.717. The number of benzene rings is 2. The molecule has 3 aromatic rings. The van der Waals surface area contributed by atoms with Gasteiger partial charge in [-0.25, -0.2) is 0 Å². The molecule has 0 saturated heterocycles. The molecule has 3 rings (SSSR count). The Hall–Kier alpha value is -2.14. The van der Waals surface area contributed by atoms with Gasteiger partial charge in [0, 0.05) is 29.7 Å². The van der Waals surface area contributed by atoms with Crippen molar-refractivity contribution in [2.24, 2.45) is 0 Å². The van der Waals surface area contributed by atoms with Gasteiger partial charge in [0.15, 0.2) is 0 Å². The molecule has 0 bridgehead atoms. The van der Waals surface area contributed by atoms with E-state index in [2.05, 4.69) is 10.3 Å². The van der Waals surface area contributed by atoms with Crippen LogP contribution >= 0.6 is 11.6 Å². The maximum Gasteiger partial charge on any atom is 0.118 e. The van der Waals surface area contributed by atoms with Crippen molar-refractivity contribution in [2.45, 2.75) is 12.6 Å². The molecule has 0 spiro atoms. The Kier molecular flexibility index (Phi) is 5.30. The number of aliphatic hydroxyl groups is 1. The van der Waals surface area contributed by atoms with Gasteiger partial charge in [-0.3, -0.25) is 4.98 Å². The first-order chi connectivity index (χ1) is 11.7. The first kappa shape index (κ1) is 16.7. The number of ether oxygens (including phenoxy) is 1. The molecule has 0 aliphatic heterocycles. The van der Waals surface area contributed by atoms with E-state index in [0.717, 1.165) is 27.8 Å². The lowest BCUT2D eigenvalue weighted by atomic mass is 10.1. The number of hydrogen-bond donors (Lipinski definition) is 2. The molecular formula is C19H19ClN2O2. The van der Waals surface area contributed by atoms with Crippen molar-refractivity contribution in [3.63, 3.8) is 0 Å². The van der Waals surface area contributed by atoms with Crippen LogP contribution < -0.4 is 10.1 Å². The Morgan fingerprint density at radius 2 is 2.00 bits per heavy atom. The van der Waals surface area contributed by atoms with Gasteiger partial charge < -0.3 is 15.2 Å². The summed E-state index contributed by atoms with van der Waals surface area (Å²) in [5.74, 6) is 0.774. The first-order valence-corrected chi connectivity index (χ1v) is 8.11. The monoisotopic (exact) mass is 342 g/mol. The lowest BCUT2D eigenvalue weighted by Crippen LogP contribution is -2.21. The van der Waals surface area contributed by atoms with Crippen molar-refractivity contribution in [1.29, 1.82) is 0 Å². The SMILES string of the molecule is COc1ccc(C(O)CNCc2cc(Cl)cc3cccnc23)cc1. The van der Waals surface area contributed by atoms with Crippen LogP contribution in [0.25, 0.3) is 10.9 Å². The number of halogens is 1. The predicted octanol–water partition coefficient (Wildman–Crippen LogP) is 3.72. The minimum absolute atomic E-state index is 0.438. The third kappa shape index (κ3) is 3.85. The molecule has 0 amide bonds. The Bertz CT molecular complexity index is 821. The van der Waals surface area contributed by atoms with E-state index in [1.807, 2.05) is 48.5 Å². The van der Waals surface area contributed by atoms with Crippen LogP contribution in [0, 0.1) is 0 Å². The summed E-state index contributed by atoms with van der Waals surface area (Å²) >= 11 is 6.17. The number of pyridine rings is 1. The lowest BCUT2D eigenvalue weighted by Gasteiger charge is -2.14. The minimum atomic E-state index is -0.589. The van der Waals surface area contributed by atoms with Gasteiger partial charge in [0.25, 0.3) is 0 Å². The fraction of sp³-hybridized carbons (Fsp3) is 0.211. The van der Waals surface area contributed by atoms with Crippen LogP contribution in [0.2, 0.25) is 5.02 Å². The Balaban J connectivity index is 1.65. The van der Waals surface area contributed by atoms with E-state index in [-0.39, 0.29) is 0 Å². The van der Waals surface area contributed by atoms with Crippen molar-refractivity contribution in [2.75, 3.05) is 13.7 Å². The highest BCUT2D eigenvalue weighted by molar-refractivity contribution is 6.31. The molecule has 1 aromatic heterocycles. The zero-order valence-electron chi connectivity index (χ0n) is 13.4. The highest BCUT2D eigenvalue weighted by atomic mass is 35.5. The third-order valence-corrected chi connectivity index (χ3v) is 4.12. The summed E-state index contributed by atoms with van der Waals surface area (Å²) in [5, 5.41) is 15.2. The van der Waals surface area contributed by atoms with E-state index in [0.29, 0.717) is 18.1 Å². The second-order valence-corrected chi connectivity index (χ2v) is 6.00. The molecule has 1 heterocycles. The molecule has 24 heavy (non-hydrogen) atoms. The van der Waals surface area contributed by atoms with Crippen molar-refractivity contribution < 1.29 is 9.84 Å². The van der Waals surface area contributed by atoms with E-state index >= 15 is 0 Å². The smallest absolute Gasteiger partial charge is 0.118 e. The molecule has 5 heteroatoms. The molecule has 0 aliphatic rings. The van der Waals surface area contributed by atoms with E-state index in [9.17, 15) is 5.11 Å². The molecule has 1 unspecified atom stereocenters. The Morgan fingerprint density at radius 1 is 1.21 bits per heavy atom. The minimum Gasteiger partial charge on any atom is -0.497 e. The zero-order chi connectivity index (χ0) is 16.9. The summed E-state index contributed by atoms with van der Waals surface area (Å²) in [5.41, 5.74) is 2.78. The van der Waals surface area contributed by atoms with Gasteiger partial charge >= 0.3 is 0 Å². The van der Waals surface area contributed by atoms with Crippen LogP contribution in [-0.4, -0.2) is 23.7 Å². The number of nitrogens with one attached hydrogen (secondary N) is 1. The molecule has 0 saturated carbocycles. The second-order valence-electron chi connectivity index (χ2n) is 5.56. The summed E-state index contributed by atoms with van der Waals surface area (Å²) in [6, 6.07) is 15.1. The van der Waals surface area contributed by atoms with E-state index in [4.69, 9.17) is 16.3 Å². The average molecular weight is 343 g/mol. The van der Waals surface area contributed by atoms with Crippen molar-refractivity contribution in [1.82, 2.24) is 10.3 Å². The summed E-state index contributed by atoms with van der Waals surface area (Å²) in [7, 11) is 1.62. The van der Waals surface area contributed by atoms with Crippen LogP contribution in [0.15, 0.2) is 54.7 Å². The highest BCUT2D eigenvalue weighted by Crippen LogP contribution is 2.22. The molecule has 2 aromatic carbocycles. The topological polar surface area (TPSA) is 54.4 Å². The standard InChI is InChI=1S/C19H19ClN2O2/c1-24-17-6-4-13(5-7-17)18(23)12-21-11-15-10-16(20)9-14-3-2-8-22-19(14)15/h2-10,18,21,23H,11-12H2,1H3. The highest BCUT2D eigenvalue weighted by Gasteiger charge is 2.09. The summed E-state index contributed by atoms with van der Waals surface area (Å²) in [6.07, 6.45) is 1.18. The number of aromatic nitrogens is 1. The van der Waals surface area contributed by atoms with Crippen molar-refractivity contribution >= 4 is 22.5 Å². The number of nitrogens with zero attached hydrogens (tertiary/aromatic N) is 1.